The maximum absolute atomic E-state index is 12.4. The summed E-state index contributed by atoms with van der Waals surface area (Å²) in [5.74, 6) is 0.721. The third kappa shape index (κ3) is 4.45. The Morgan fingerprint density at radius 3 is 2.60 bits per heavy atom. The van der Waals surface area contributed by atoms with E-state index in [1.807, 2.05) is 49.4 Å². The van der Waals surface area contributed by atoms with Crippen LogP contribution in [0.2, 0.25) is 0 Å². The molecule has 5 nitrogen and oxygen atoms in total. The maximum Gasteiger partial charge on any atom is 0.223 e. The van der Waals surface area contributed by atoms with E-state index in [0.717, 1.165) is 22.4 Å². The number of rotatable bonds is 7. The first kappa shape index (κ1) is 17.2. The quantitative estimate of drug-likeness (QED) is 0.694. The second-order valence-corrected chi connectivity index (χ2v) is 6.20. The van der Waals surface area contributed by atoms with Gasteiger partial charge < -0.3 is 15.0 Å². The van der Waals surface area contributed by atoms with Crippen LogP contribution in [-0.4, -0.2) is 29.1 Å². The number of para-hydroxylation sites is 2. The summed E-state index contributed by atoms with van der Waals surface area (Å²) in [4.78, 5) is 20.4. The van der Waals surface area contributed by atoms with Crippen molar-refractivity contribution in [1.29, 1.82) is 0 Å². The number of methoxy groups -OCH3 is 1. The second kappa shape index (κ2) is 7.94. The fourth-order valence-electron chi connectivity index (χ4n) is 2.80. The molecule has 0 radical (unpaired) electrons. The molecule has 3 aromatic rings. The summed E-state index contributed by atoms with van der Waals surface area (Å²) in [6.45, 7) is 1.88. The smallest absolute Gasteiger partial charge is 0.223 e. The summed E-state index contributed by atoms with van der Waals surface area (Å²) in [6.07, 6.45) is 0.878. The monoisotopic (exact) mass is 337 g/mol. The van der Waals surface area contributed by atoms with E-state index < -0.39 is 0 Å². The zero-order valence-electron chi connectivity index (χ0n) is 14.5. The number of nitrogens with one attached hydrogen (secondary N) is 2. The molecule has 1 heterocycles. The number of aromatic amines is 1. The molecule has 0 saturated heterocycles. The van der Waals surface area contributed by atoms with Crippen molar-refractivity contribution in [3.05, 3.63) is 66.0 Å². The van der Waals surface area contributed by atoms with E-state index in [1.54, 1.807) is 7.11 Å². The van der Waals surface area contributed by atoms with Crippen LogP contribution in [0.15, 0.2) is 54.6 Å². The molecule has 0 unspecified atom stereocenters. The van der Waals surface area contributed by atoms with Crippen LogP contribution in [0, 0.1) is 0 Å². The van der Waals surface area contributed by atoms with Crippen LogP contribution in [0.25, 0.3) is 11.0 Å². The number of carbonyl (C=O) groups is 1. The number of carbonyl (C=O) groups excluding carboxylic acids is 1. The number of ether oxygens (including phenoxy) is 1. The van der Waals surface area contributed by atoms with E-state index in [1.165, 1.54) is 0 Å². The van der Waals surface area contributed by atoms with Gasteiger partial charge in [0, 0.05) is 7.11 Å². The average Bonchev–Trinajstić information content (AvgIpc) is 3.06. The van der Waals surface area contributed by atoms with Gasteiger partial charge in [0.1, 0.15) is 5.82 Å². The van der Waals surface area contributed by atoms with Gasteiger partial charge in [-0.1, -0.05) is 42.5 Å². The normalized spacial score (nSPS) is 13.5. The Morgan fingerprint density at radius 2 is 1.88 bits per heavy atom. The molecule has 130 valence electrons. The van der Waals surface area contributed by atoms with Crippen LogP contribution in [0.3, 0.4) is 0 Å². The summed E-state index contributed by atoms with van der Waals surface area (Å²) in [7, 11) is 1.61. The SMILES string of the molecule is CO[C@H](C)CC(=O)N[C@@H](Cc1ccccc1)c1nc2ccccc2[nH]1. The molecule has 0 saturated carbocycles. The zero-order chi connectivity index (χ0) is 17.6. The first-order valence-corrected chi connectivity index (χ1v) is 8.46. The Morgan fingerprint density at radius 1 is 1.16 bits per heavy atom. The minimum absolute atomic E-state index is 0.0456. The number of nitrogens with zero attached hydrogens (tertiary/aromatic N) is 1. The number of hydrogen-bond donors (Lipinski definition) is 2. The van der Waals surface area contributed by atoms with Crippen molar-refractivity contribution >= 4 is 16.9 Å². The number of imidazole rings is 1. The minimum Gasteiger partial charge on any atom is -0.381 e. The Bertz CT molecular complexity index is 796. The van der Waals surface area contributed by atoms with Crippen molar-refractivity contribution in [3.63, 3.8) is 0 Å². The molecule has 2 atom stereocenters. The molecule has 0 aliphatic rings. The van der Waals surface area contributed by atoms with Crippen molar-refractivity contribution in [2.24, 2.45) is 0 Å². The first-order chi connectivity index (χ1) is 12.2. The summed E-state index contributed by atoms with van der Waals surface area (Å²) in [6, 6.07) is 17.8. The van der Waals surface area contributed by atoms with Gasteiger partial charge in [-0.15, -0.1) is 0 Å². The lowest BCUT2D eigenvalue weighted by Crippen LogP contribution is -2.32. The standard InChI is InChI=1S/C20H23N3O2/c1-14(25-2)12-19(24)21-18(13-15-8-4-3-5-9-15)20-22-16-10-6-7-11-17(16)23-20/h3-11,14,18H,12-13H2,1-2H3,(H,21,24)(H,22,23)/t14-,18+/m1/s1. The second-order valence-electron chi connectivity index (χ2n) is 6.20. The van der Waals surface area contributed by atoms with Crippen LogP contribution >= 0.6 is 0 Å². The number of hydrogen-bond acceptors (Lipinski definition) is 3. The van der Waals surface area contributed by atoms with Gasteiger partial charge in [0.05, 0.1) is 29.6 Å². The Hall–Kier alpha value is -2.66. The van der Waals surface area contributed by atoms with Crippen molar-refractivity contribution in [3.8, 4) is 0 Å². The Labute approximate surface area is 147 Å². The molecule has 5 heteroatoms. The van der Waals surface area contributed by atoms with Gasteiger partial charge in [-0.25, -0.2) is 4.98 Å². The fraction of sp³-hybridized carbons (Fsp3) is 0.300. The lowest BCUT2D eigenvalue weighted by atomic mass is 10.1. The predicted molar refractivity (Wildman–Crippen MR) is 98.2 cm³/mol. The van der Waals surface area contributed by atoms with Crippen molar-refractivity contribution in [1.82, 2.24) is 15.3 Å². The van der Waals surface area contributed by atoms with Crippen LogP contribution in [-0.2, 0) is 16.0 Å². The highest BCUT2D eigenvalue weighted by Gasteiger charge is 2.20. The molecule has 2 aromatic carbocycles. The summed E-state index contributed by atoms with van der Waals surface area (Å²) >= 11 is 0. The Balaban J connectivity index is 1.84. The maximum atomic E-state index is 12.4. The first-order valence-electron chi connectivity index (χ1n) is 8.46. The molecule has 0 spiro atoms. The van der Waals surface area contributed by atoms with E-state index in [-0.39, 0.29) is 18.1 Å². The van der Waals surface area contributed by atoms with Crippen LogP contribution in [0.1, 0.15) is 30.8 Å². The third-order valence-electron chi connectivity index (χ3n) is 4.23. The molecule has 3 rings (SSSR count). The average molecular weight is 337 g/mol. The minimum atomic E-state index is -0.216. The lowest BCUT2D eigenvalue weighted by molar-refractivity contribution is -0.124. The van der Waals surface area contributed by atoms with Gasteiger partial charge in [-0.05, 0) is 31.0 Å². The zero-order valence-corrected chi connectivity index (χ0v) is 14.5. The summed E-state index contributed by atoms with van der Waals surface area (Å²) in [5, 5.41) is 3.10. The van der Waals surface area contributed by atoms with Crippen LogP contribution < -0.4 is 5.32 Å². The van der Waals surface area contributed by atoms with Crippen molar-refractivity contribution < 1.29 is 9.53 Å². The highest BCUT2D eigenvalue weighted by atomic mass is 16.5. The van der Waals surface area contributed by atoms with Gasteiger partial charge in [0.25, 0.3) is 0 Å². The van der Waals surface area contributed by atoms with E-state index >= 15 is 0 Å². The van der Waals surface area contributed by atoms with E-state index in [2.05, 4.69) is 27.4 Å². The topological polar surface area (TPSA) is 67.0 Å². The number of H-pyrrole nitrogens is 1. The van der Waals surface area contributed by atoms with Gasteiger partial charge in [0.15, 0.2) is 0 Å². The van der Waals surface area contributed by atoms with Crippen molar-refractivity contribution in [2.45, 2.75) is 31.9 Å². The molecule has 1 aromatic heterocycles. The molecular weight excluding hydrogens is 314 g/mol. The fourth-order valence-corrected chi connectivity index (χ4v) is 2.80. The largest absolute Gasteiger partial charge is 0.381 e. The molecule has 1 amide bonds. The highest BCUT2D eigenvalue weighted by Crippen LogP contribution is 2.20. The molecule has 0 bridgehead atoms. The highest BCUT2D eigenvalue weighted by molar-refractivity contribution is 5.78. The molecule has 0 aliphatic carbocycles. The summed E-state index contributed by atoms with van der Waals surface area (Å²) in [5.41, 5.74) is 3.01. The number of fused-ring (bicyclic) bond motifs is 1. The predicted octanol–water partition coefficient (Wildman–Crippen LogP) is 3.39. The van der Waals surface area contributed by atoms with Crippen LogP contribution in [0.4, 0.5) is 0 Å². The molecule has 0 fully saturated rings. The third-order valence-corrected chi connectivity index (χ3v) is 4.23. The van der Waals surface area contributed by atoms with Gasteiger partial charge in [-0.2, -0.15) is 0 Å². The molecular formula is C20H23N3O2. The number of amides is 1. The van der Waals surface area contributed by atoms with E-state index in [4.69, 9.17) is 4.74 Å². The van der Waals surface area contributed by atoms with Gasteiger partial charge in [0.2, 0.25) is 5.91 Å². The van der Waals surface area contributed by atoms with Crippen molar-refractivity contribution in [2.75, 3.05) is 7.11 Å². The Kier molecular flexibility index (Phi) is 5.46. The molecule has 0 aliphatic heterocycles. The molecule has 2 N–H and O–H groups in total. The van der Waals surface area contributed by atoms with Gasteiger partial charge >= 0.3 is 0 Å². The van der Waals surface area contributed by atoms with E-state index in [0.29, 0.717) is 12.8 Å². The number of aromatic nitrogens is 2. The lowest BCUT2D eigenvalue weighted by Gasteiger charge is -2.18. The van der Waals surface area contributed by atoms with Crippen LogP contribution in [0.5, 0.6) is 0 Å². The van der Waals surface area contributed by atoms with E-state index in [9.17, 15) is 4.79 Å². The number of benzene rings is 2. The summed E-state index contributed by atoms with van der Waals surface area (Å²) < 4.78 is 5.19. The molecule has 25 heavy (non-hydrogen) atoms. The van der Waals surface area contributed by atoms with Gasteiger partial charge in [-0.3, -0.25) is 4.79 Å².